The molecule has 0 aliphatic carbocycles. The molecule has 1 aliphatic heterocycles. The molecule has 1 aromatic rings. The van der Waals surface area contributed by atoms with Crippen molar-refractivity contribution in [2.75, 3.05) is 46.0 Å². The molecule has 0 saturated carbocycles. The molecule has 0 amide bonds. The smallest absolute Gasteiger partial charge is 0.252 e. The molecule has 24 heavy (non-hydrogen) atoms. The molecule has 136 valence electrons. The first kappa shape index (κ1) is 19.6. The highest BCUT2D eigenvalue weighted by molar-refractivity contribution is 8.00. The Morgan fingerprint density at radius 3 is 2.83 bits per heavy atom. The molecular weight excluding hydrogens is 364 g/mol. The van der Waals surface area contributed by atoms with Crippen LogP contribution in [-0.4, -0.2) is 74.4 Å². The number of thioether (sulfide) groups is 1. The number of likely N-dealkylation sites (N-methyl/N-ethyl adjacent to an activating group) is 1. The molecular formula is C15H26N4O2S3. The van der Waals surface area contributed by atoms with Crippen LogP contribution in [0.4, 0.5) is 0 Å². The van der Waals surface area contributed by atoms with Crippen molar-refractivity contribution in [1.82, 2.24) is 14.5 Å². The van der Waals surface area contributed by atoms with E-state index in [2.05, 4.69) is 29.1 Å². The van der Waals surface area contributed by atoms with Crippen LogP contribution in [0.5, 0.6) is 0 Å². The van der Waals surface area contributed by atoms with Gasteiger partial charge in [-0.15, -0.1) is 11.3 Å². The van der Waals surface area contributed by atoms with Crippen molar-refractivity contribution in [2.45, 2.75) is 22.8 Å². The van der Waals surface area contributed by atoms with Gasteiger partial charge in [-0.1, -0.05) is 6.07 Å². The normalized spacial score (nSPS) is 18.9. The maximum absolute atomic E-state index is 12.4. The number of aliphatic imine (C=N–C) groups is 1. The van der Waals surface area contributed by atoms with E-state index >= 15 is 0 Å². The first-order chi connectivity index (χ1) is 11.3. The molecule has 2 rings (SSSR count). The molecule has 0 radical (unpaired) electrons. The van der Waals surface area contributed by atoms with E-state index in [0.29, 0.717) is 17.3 Å². The van der Waals surface area contributed by atoms with Gasteiger partial charge >= 0.3 is 0 Å². The minimum atomic E-state index is -3.39. The van der Waals surface area contributed by atoms with Gasteiger partial charge < -0.3 is 10.2 Å². The summed E-state index contributed by atoms with van der Waals surface area (Å²) in [5.41, 5.74) is 0. The average Bonchev–Trinajstić information content (AvgIpc) is 3.05. The van der Waals surface area contributed by atoms with Crippen molar-refractivity contribution in [1.29, 1.82) is 0 Å². The van der Waals surface area contributed by atoms with Gasteiger partial charge in [0.05, 0.1) is 0 Å². The van der Waals surface area contributed by atoms with Crippen LogP contribution < -0.4 is 5.32 Å². The number of sulfonamides is 1. The number of nitrogens with one attached hydrogen (secondary N) is 1. The second-order valence-corrected chi connectivity index (χ2v) is 11.3. The zero-order valence-corrected chi connectivity index (χ0v) is 17.1. The van der Waals surface area contributed by atoms with Gasteiger partial charge in [-0.05, 0) is 25.3 Å². The maximum Gasteiger partial charge on any atom is 0.252 e. The lowest BCUT2D eigenvalue weighted by molar-refractivity contribution is 0.373. The molecule has 1 N–H and O–H groups in total. The van der Waals surface area contributed by atoms with Crippen molar-refractivity contribution >= 4 is 39.1 Å². The minimum Gasteiger partial charge on any atom is -0.355 e. The van der Waals surface area contributed by atoms with Gasteiger partial charge in [0.15, 0.2) is 5.96 Å². The molecule has 6 nitrogen and oxygen atoms in total. The van der Waals surface area contributed by atoms with Crippen LogP contribution in [0.25, 0.3) is 0 Å². The molecule has 0 spiro atoms. The van der Waals surface area contributed by atoms with Gasteiger partial charge in [0.2, 0.25) is 0 Å². The van der Waals surface area contributed by atoms with Crippen LogP contribution >= 0.6 is 23.1 Å². The Kier molecular flexibility index (Phi) is 6.58. The van der Waals surface area contributed by atoms with Crippen molar-refractivity contribution in [2.24, 2.45) is 4.99 Å². The Bertz CT molecular complexity index is 656. The van der Waals surface area contributed by atoms with E-state index in [4.69, 9.17) is 0 Å². The fourth-order valence-corrected chi connectivity index (χ4v) is 6.02. The van der Waals surface area contributed by atoms with Crippen LogP contribution in [0.1, 0.15) is 13.8 Å². The second kappa shape index (κ2) is 8.07. The maximum atomic E-state index is 12.4. The monoisotopic (exact) mass is 390 g/mol. The minimum absolute atomic E-state index is 0.204. The standard InChI is InChI=1S/C15H26N4O2S3/c1-15(2)12-19(9-11-23-15)14(16-3)17-7-8-18(4)24(20,21)13-6-5-10-22-13/h5-6,10H,7-9,11-12H2,1-4H3,(H,16,17). The third kappa shape index (κ3) is 4.87. The number of hydrogen-bond donors (Lipinski definition) is 1. The zero-order chi connectivity index (χ0) is 17.8. The van der Waals surface area contributed by atoms with Crippen LogP contribution in [0, 0.1) is 0 Å². The van der Waals surface area contributed by atoms with Crippen LogP contribution in [0.15, 0.2) is 26.7 Å². The number of guanidine groups is 1. The summed E-state index contributed by atoms with van der Waals surface area (Å²) in [6.45, 7) is 7.28. The van der Waals surface area contributed by atoms with Gasteiger partial charge in [0.25, 0.3) is 10.0 Å². The fourth-order valence-electron chi connectivity index (χ4n) is 2.54. The highest BCUT2D eigenvalue weighted by Crippen LogP contribution is 2.29. The molecule has 2 heterocycles. The van der Waals surface area contributed by atoms with Crippen molar-refractivity contribution in [3.05, 3.63) is 17.5 Å². The van der Waals surface area contributed by atoms with E-state index < -0.39 is 10.0 Å². The number of nitrogens with zero attached hydrogens (tertiary/aromatic N) is 3. The molecule has 1 saturated heterocycles. The summed E-state index contributed by atoms with van der Waals surface area (Å²) in [5, 5.41) is 5.06. The van der Waals surface area contributed by atoms with E-state index in [1.807, 2.05) is 11.8 Å². The van der Waals surface area contributed by atoms with Crippen LogP contribution in [0.2, 0.25) is 0 Å². The summed E-state index contributed by atoms with van der Waals surface area (Å²) >= 11 is 3.21. The average molecular weight is 391 g/mol. The highest BCUT2D eigenvalue weighted by atomic mass is 32.2. The summed E-state index contributed by atoms with van der Waals surface area (Å²) in [6, 6.07) is 3.39. The van der Waals surface area contributed by atoms with Crippen molar-refractivity contribution < 1.29 is 8.42 Å². The Morgan fingerprint density at radius 2 is 2.25 bits per heavy atom. The third-order valence-corrected chi connectivity index (χ3v) is 8.33. The number of rotatable bonds is 5. The topological polar surface area (TPSA) is 65.0 Å². The molecule has 1 fully saturated rings. The Morgan fingerprint density at radius 1 is 1.50 bits per heavy atom. The lowest BCUT2D eigenvalue weighted by Crippen LogP contribution is -2.51. The summed E-state index contributed by atoms with van der Waals surface area (Å²) in [7, 11) is -0.0104. The van der Waals surface area contributed by atoms with Gasteiger partial charge in [0.1, 0.15) is 4.21 Å². The fraction of sp³-hybridized carbons (Fsp3) is 0.667. The zero-order valence-electron chi connectivity index (χ0n) is 14.7. The largest absolute Gasteiger partial charge is 0.355 e. The molecule has 0 bridgehead atoms. The van der Waals surface area contributed by atoms with E-state index in [-0.39, 0.29) is 4.75 Å². The predicted octanol–water partition coefficient (Wildman–Crippen LogP) is 1.77. The highest BCUT2D eigenvalue weighted by Gasteiger charge is 2.28. The Balaban J connectivity index is 1.88. The Hall–Kier alpha value is -0.770. The quantitative estimate of drug-likeness (QED) is 0.613. The summed E-state index contributed by atoms with van der Waals surface area (Å²) in [4.78, 5) is 6.58. The summed E-state index contributed by atoms with van der Waals surface area (Å²) < 4.78 is 26.7. The Labute approximate surface area is 153 Å². The van der Waals surface area contributed by atoms with Gasteiger partial charge in [-0.3, -0.25) is 4.99 Å². The first-order valence-electron chi connectivity index (χ1n) is 7.86. The second-order valence-electron chi connectivity index (χ2n) is 6.26. The van der Waals surface area contributed by atoms with Crippen LogP contribution in [-0.2, 0) is 10.0 Å². The van der Waals surface area contributed by atoms with Gasteiger partial charge in [0, 0.05) is 50.8 Å². The summed E-state index contributed by atoms with van der Waals surface area (Å²) in [6.07, 6.45) is 0. The number of thiophene rings is 1. The molecule has 1 aromatic heterocycles. The third-order valence-electron chi connectivity index (χ3n) is 3.81. The lowest BCUT2D eigenvalue weighted by Gasteiger charge is -2.39. The van der Waals surface area contributed by atoms with Crippen LogP contribution in [0.3, 0.4) is 0 Å². The van der Waals surface area contributed by atoms with E-state index in [9.17, 15) is 8.42 Å². The van der Waals surface area contributed by atoms with E-state index in [1.54, 1.807) is 31.6 Å². The molecule has 9 heteroatoms. The van der Waals surface area contributed by atoms with E-state index in [0.717, 1.165) is 24.8 Å². The molecule has 0 unspecified atom stereocenters. The SMILES string of the molecule is CN=C(NCCN(C)S(=O)(=O)c1cccs1)N1CCSC(C)(C)C1. The lowest BCUT2D eigenvalue weighted by atomic mass is 10.2. The van der Waals surface area contributed by atoms with Crippen molar-refractivity contribution in [3.63, 3.8) is 0 Å². The first-order valence-corrected chi connectivity index (χ1v) is 11.2. The van der Waals surface area contributed by atoms with E-state index in [1.165, 1.54) is 15.6 Å². The van der Waals surface area contributed by atoms with Gasteiger partial charge in [-0.2, -0.15) is 16.1 Å². The van der Waals surface area contributed by atoms with Gasteiger partial charge in [-0.25, -0.2) is 8.42 Å². The summed E-state index contributed by atoms with van der Waals surface area (Å²) in [5.74, 6) is 1.91. The number of hydrogen-bond acceptors (Lipinski definition) is 5. The van der Waals surface area contributed by atoms with Crippen molar-refractivity contribution in [3.8, 4) is 0 Å². The molecule has 1 aliphatic rings. The molecule has 0 aromatic carbocycles. The predicted molar refractivity (Wildman–Crippen MR) is 104 cm³/mol. The molecule has 0 atom stereocenters.